The zero-order valence-corrected chi connectivity index (χ0v) is 10.1. The van der Waals surface area contributed by atoms with Crippen LogP contribution < -0.4 is 10.5 Å². The molecule has 3 nitrogen and oxygen atoms in total. The summed E-state index contributed by atoms with van der Waals surface area (Å²) < 4.78 is 11.0. The molecule has 1 rings (SSSR count). The predicted octanol–water partition coefficient (Wildman–Crippen LogP) is 2.21. The Kier molecular flexibility index (Phi) is 5.29. The summed E-state index contributed by atoms with van der Waals surface area (Å²) in [5, 5.41) is 0. The first kappa shape index (κ1) is 13.0. The van der Waals surface area contributed by atoms with Gasteiger partial charge in [-0.25, -0.2) is 0 Å². The molecular weight excluding hydrogens is 202 g/mol. The molecule has 0 fully saturated rings. The summed E-state index contributed by atoms with van der Waals surface area (Å²) in [5.74, 6) is 0.904. The molecular formula is C13H21NO2. The van der Waals surface area contributed by atoms with Crippen molar-refractivity contribution in [1.82, 2.24) is 0 Å². The zero-order chi connectivity index (χ0) is 11.9. The fourth-order valence-electron chi connectivity index (χ4n) is 1.20. The Balaban J connectivity index is 2.01. The normalized spacial score (nSPS) is 11.4. The van der Waals surface area contributed by atoms with Crippen LogP contribution >= 0.6 is 0 Å². The van der Waals surface area contributed by atoms with Gasteiger partial charge in [0.05, 0.1) is 13.2 Å². The minimum atomic E-state index is -0.250. The first-order valence-corrected chi connectivity index (χ1v) is 5.62. The topological polar surface area (TPSA) is 44.5 Å². The van der Waals surface area contributed by atoms with E-state index in [0.29, 0.717) is 19.8 Å². The van der Waals surface area contributed by atoms with Crippen LogP contribution in [-0.2, 0) is 4.74 Å². The Hall–Kier alpha value is -1.06. The summed E-state index contributed by atoms with van der Waals surface area (Å²) in [4.78, 5) is 0. The minimum Gasteiger partial charge on any atom is -0.494 e. The summed E-state index contributed by atoms with van der Waals surface area (Å²) in [5.41, 5.74) is 5.54. The molecule has 1 aromatic rings. The van der Waals surface area contributed by atoms with E-state index >= 15 is 0 Å². The molecule has 0 bridgehead atoms. The van der Waals surface area contributed by atoms with Gasteiger partial charge in [-0.2, -0.15) is 0 Å². The van der Waals surface area contributed by atoms with Crippen molar-refractivity contribution in [2.45, 2.75) is 25.8 Å². The number of hydrogen-bond donors (Lipinski definition) is 1. The SMILES string of the molecule is CC(C)(N)COCCCOc1ccccc1. The van der Waals surface area contributed by atoms with Crippen molar-refractivity contribution in [3.05, 3.63) is 30.3 Å². The Morgan fingerprint density at radius 2 is 1.81 bits per heavy atom. The number of ether oxygens (including phenoxy) is 2. The molecule has 0 saturated carbocycles. The van der Waals surface area contributed by atoms with Crippen LogP contribution in [0.2, 0.25) is 0 Å². The van der Waals surface area contributed by atoms with E-state index in [2.05, 4.69) is 0 Å². The minimum absolute atomic E-state index is 0.250. The molecule has 0 radical (unpaired) electrons. The van der Waals surface area contributed by atoms with Crippen LogP contribution in [0.15, 0.2) is 30.3 Å². The quantitative estimate of drug-likeness (QED) is 0.721. The first-order chi connectivity index (χ1) is 7.58. The number of hydrogen-bond acceptors (Lipinski definition) is 3. The van der Waals surface area contributed by atoms with Gasteiger partial charge in [0.25, 0.3) is 0 Å². The van der Waals surface area contributed by atoms with Crippen molar-refractivity contribution in [2.75, 3.05) is 19.8 Å². The molecule has 0 heterocycles. The van der Waals surface area contributed by atoms with Crippen molar-refractivity contribution in [3.63, 3.8) is 0 Å². The van der Waals surface area contributed by atoms with E-state index in [1.54, 1.807) is 0 Å². The number of nitrogens with two attached hydrogens (primary N) is 1. The van der Waals surface area contributed by atoms with E-state index in [1.165, 1.54) is 0 Å². The largest absolute Gasteiger partial charge is 0.494 e. The summed E-state index contributed by atoms with van der Waals surface area (Å²) in [6, 6.07) is 9.79. The number of rotatable bonds is 7. The lowest BCUT2D eigenvalue weighted by Crippen LogP contribution is -2.37. The van der Waals surface area contributed by atoms with E-state index in [1.807, 2.05) is 44.2 Å². The molecule has 0 aliphatic heterocycles. The van der Waals surface area contributed by atoms with Gasteiger partial charge >= 0.3 is 0 Å². The lowest BCUT2D eigenvalue weighted by Gasteiger charge is -2.18. The molecule has 2 N–H and O–H groups in total. The zero-order valence-electron chi connectivity index (χ0n) is 10.1. The molecule has 1 aromatic carbocycles. The molecule has 0 aromatic heterocycles. The lowest BCUT2D eigenvalue weighted by atomic mass is 10.1. The second-order valence-corrected chi connectivity index (χ2v) is 4.56. The summed E-state index contributed by atoms with van der Waals surface area (Å²) >= 11 is 0. The van der Waals surface area contributed by atoms with Gasteiger partial charge in [-0.15, -0.1) is 0 Å². The second kappa shape index (κ2) is 6.51. The van der Waals surface area contributed by atoms with Crippen LogP contribution in [-0.4, -0.2) is 25.4 Å². The van der Waals surface area contributed by atoms with Gasteiger partial charge in [-0.1, -0.05) is 18.2 Å². The third-order valence-electron chi connectivity index (χ3n) is 1.92. The Morgan fingerprint density at radius 1 is 1.12 bits per heavy atom. The van der Waals surface area contributed by atoms with Gasteiger partial charge in [0, 0.05) is 18.6 Å². The van der Waals surface area contributed by atoms with Crippen LogP contribution in [0.25, 0.3) is 0 Å². The van der Waals surface area contributed by atoms with E-state index in [0.717, 1.165) is 12.2 Å². The molecule has 3 heteroatoms. The maximum atomic E-state index is 5.79. The average molecular weight is 223 g/mol. The van der Waals surface area contributed by atoms with Crippen molar-refractivity contribution >= 4 is 0 Å². The molecule has 0 atom stereocenters. The van der Waals surface area contributed by atoms with E-state index in [9.17, 15) is 0 Å². The molecule has 16 heavy (non-hydrogen) atoms. The molecule has 90 valence electrons. The van der Waals surface area contributed by atoms with E-state index < -0.39 is 0 Å². The van der Waals surface area contributed by atoms with Gasteiger partial charge in [-0.05, 0) is 26.0 Å². The number of para-hydroxylation sites is 1. The van der Waals surface area contributed by atoms with Crippen molar-refractivity contribution in [2.24, 2.45) is 5.73 Å². The maximum Gasteiger partial charge on any atom is 0.119 e. The molecule has 0 aliphatic carbocycles. The average Bonchev–Trinajstić information content (AvgIpc) is 2.23. The monoisotopic (exact) mass is 223 g/mol. The van der Waals surface area contributed by atoms with Crippen LogP contribution in [0.5, 0.6) is 5.75 Å². The fraction of sp³-hybridized carbons (Fsp3) is 0.538. The highest BCUT2D eigenvalue weighted by molar-refractivity contribution is 5.20. The van der Waals surface area contributed by atoms with Crippen LogP contribution in [0.3, 0.4) is 0 Å². The number of benzene rings is 1. The predicted molar refractivity (Wildman–Crippen MR) is 65.6 cm³/mol. The van der Waals surface area contributed by atoms with Crippen molar-refractivity contribution in [1.29, 1.82) is 0 Å². The third kappa shape index (κ3) is 6.43. The van der Waals surface area contributed by atoms with Gasteiger partial charge in [0.15, 0.2) is 0 Å². The fourth-order valence-corrected chi connectivity index (χ4v) is 1.20. The van der Waals surface area contributed by atoms with Crippen LogP contribution in [0, 0.1) is 0 Å². The third-order valence-corrected chi connectivity index (χ3v) is 1.92. The molecule has 0 amide bonds. The molecule has 0 spiro atoms. The van der Waals surface area contributed by atoms with Crippen molar-refractivity contribution in [3.8, 4) is 5.75 Å². The summed E-state index contributed by atoms with van der Waals surface area (Å²) in [6.45, 7) is 5.85. The summed E-state index contributed by atoms with van der Waals surface area (Å²) in [6.07, 6.45) is 0.880. The molecule has 0 aliphatic rings. The Bertz CT molecular complexity index is 280. The van der Waals surface area contributed by atoms with Crippen molar-refractivity contribution < 1.29 is 9.47 Å². The first-order valence-electron chi connectivity index (χ1n) is 5.62. The molecule has 0 unspecified atom stereocenters. The lowest BCUT2D eigenvalue weighted by molar-refractivity contribution is 0.0870. The molecule has 0 saturated heterocycles. The Labute approximate surface area is 97.6 Å². The van der Waals surface area contributed by atoms with Gasteiger partial charge in [0.1, 0.15) is 5.75 Å². The highest BCUT2D eigenvalue weighted by atomic mass is 16.5. The van der Waals surface area contributed by atoms with Gasteiger partial charge < -0.3 is 15.2 Å². The Morgan fingerprint density at radius 3 is 2.44 bits per heavy atom. The van der Waals surface area contributed by atoms with Gasteiger partial charge in [0.2, 0.25) is 0 Å². The van der Waals surface area contributed by atoms with Crippen LogP contribution in [0.4, 0.5) is 0 Å². The summed E-state index contributed by atoms with van der Waals surface area (Å²) in [7, 11) is 0. The smallest absolute Gasteiger partial charge is 0.119 e. The van der Waals surface area contributed by atoms with Crippen LogP contribution in [0.1, 0.15) is 20.3 Å². The highest BCUT2D eigenvalue weighted by Crippen LogP contribution is 2.08. The van der Waals surface area contributed by atoms with E-state index in [4.69, 9.17) is 15.2 Å². The highest BCUT2D eigenvalue weighted by Gasteiger charge is 2.09. The standard InChI is InChI=1S/C13H21NO2/c1-13(2,14)11-15-9-6-10-16-12-7-4-3-5-8-12/h3-5,7-8H,6,9-11,14H2,1-2H3. The van der Waals surface area contributed by atoms with Gasteiger partial charge in [-0.3, -0.25) is 0 Å². The van der Waals surface area contributed by atoms with E-state index in [-0.39, 0.29) is 5.54 Å². The second-order valence-electron chi connectivity index (χ2n) is 4.56. The maximum absolute atomic E-state index is 5.79.